The molecule has 0 aliphatic rings. The molecule has 4 heteroatoms. The van der Waals surface area contributed by atoms with Crippen LogP contribution < -0.4 is 10.5 Å². The molecule has 0 aliphatic carbocycles. The van der Waals surface area contributed by atoms with Crippen molar-refractivity contribution in [2.75, 3.05) is 7.11 Å². The minimum absolute atomic E-state index is 0.212. The maximum absolute atomic E-state index is 11.8. The zero-order valence-corrected chi connectivity index (χ0v) is 9.62. The highest BCUT2D eigenvalue weighted by molar-refractivity contribution is 6.32. The number of Topliss-reactive ketones (excluding diaryl/α,β-unsaturated/α-hetero) is 1. The predicted molar refractivity (Wildman–Crippen MR) is 63.8 cm³/mol. The van der Waals surface area contributed by atoms with E-state index in [1.54, 1.807) is 18.2 Å². The zero-order valence-electron chi connectivity index (χ0n) is 8.87. The highest BCUT2D eigenvalue weighted by Gasteiger charge is 2.16. The summed E-state index contributed by atoms with van der Waals surface area (Å²) in [5.41, 5.74) is 6.07. The van der Waals surface area contributed by atoms with Crippen molar-refractivity contribution in [1.29, 1.82) is 0 Å². The molecule has 16 heavy (non-hydrogen) atoms. The lowest BCUT2D eigenvalue weighted by Crippen LogP contribution is -2.29. The van der Waals surface area contributed by atoms with E-state index >= 15 is 0 Å². The fourth-order valence-corrected chi connectivity index (χ4v) is 1.44. The van der Waals surface area contributed by atoms with Crippen LogP contribution in [0.15, 0.2) is 18.2 Å². The predicted octanol–water partition coefficient (Wildman–Crippen LogP) is 1.88. The van der Waals surface area contributed by atoms with Gasteiger partial charge in [0.25, 0.3) is 0 Å². The van der Waals surface area contributed by atoms with Gasteiger partial charge in [-0.1, -0.05) is 11.6 Å². The fourth-order valence-electron chi connectivity index (χ4n) is 1.25. The third-order valence-electron chi connectivity index (χ3n) is 2.11. The normalized spacial score (nSPS) is 11.6. The number of methoxy groups -OCH3 is 1. The molecule has 0 radical (unpaired) electrons. The van der Waals surface area contributed by atoms with Crippen molar-refractivity contribution in [2.24, 2.45) is 5.73 Å². The molecule has 0 saturated heterocycles. The van der Waals surface area contributed by atoms with E-state index in [0.717, 1.165) is 0 Å². The van der Waals surface area contributed by atoms with Gasteiger partial charge in [0.1, 0.15) is 5.75 Å². The smallest absolute Gasteiger partial charge is 0.180 e. The summed E-state index contributed by atoms with van der Waals surface area (Å²) < 4.78 is 5.01. The van der Waals surface area contributed by atoms with Crippen LogP contribution in [0.4, 0.5) is 0 Å². The van der Waals surface area contributed by atoms with Crippen LogP contribution in [0.2, 0.25) is 5.02 Å². The van der Waals surface area contributed by atoms with Gasteiger partial charge in [-0.2, -0.15) is 0 Å². The monoisotopic (exact) mass is 237 g/mol. The minimum Gasteiger partial charge on any atom is -0.495 e. The number of carbonyl (C=O) groups excluding carboxylic acids is 1. The van der Waals surface area contributed by atoms with Crippen molar-refractivity contribution in [2.45, 2.75) is 12.5 Å². The molecule has 0 amide bonds. The molecular weight excluding hydrogens is 226 g/mol. The highest BCUT2D eigenvalue weighted by Crippen LogP contribution is 2.25. The van der Waals surface area contributed by atoms with E-state index in [4.69, 9.17) is 28.5 Å². The van der Waals surface area contributed by atoms with Crippen molar-refractivity contribution >= 4 is 17.4 Å². The minimum atomic E-state index is -0.684. The number of benzene rings is 1. The van der Waals surface area contributed by atoms with Gasteiger partial charge in [-0.25, -0.2) is 0 Å². The highest BCUT2D eigenvalue weighted by atomic mass is 35.5. The first-order valence-corrected chi connectivity index (χ1v) is 5.04. The first kappa shape index (κ1) is 12.6. The van der Waals surface area contributed by atoms with Gasteiger partial charge in [-0.3, -0.25) is 4.79 Å². The van der Waals surface area contributed by atoms with E-state index < -0.39 is 6.04 Å². The lowest BCUT2D eigenvalue weighted by molar-refractivity contribution is 0.0962. The molecule has 0 spiro atoms. The summed E-state index contributed by atoms with van der Waals surface area (Å²) in [7, 11) is 1.48. The van der Waals surface area contributed by atoms with Crippen LogP contribution in [0.5, 0.6) is 5.75 Å². The molecule has 0 fully saturated rings. The molecule has 84 valence electrons. The van der Waals surface area contributed by atoms with E-state index in [9.17, 15) is 4.79 Å². The summed E-state index contributed by atoms with van der Waals surface area (Å²) in [4.78, 5) is 11.8. The molecule has 0 aromatic heterocycles. The Balaban J connectivity index is 2.97. The van der Waals surface area contributed by atoms with Gasteiger partial charge >= 0.3 is 0 Å². The molecule has 2 N–H and O–H groups in total. The van der Waals surface area contributed by atoms with E-state index in [1.807, 2.05) is 0 Å². The van der Waals surface area contributed by atoms with Gasteiger partial charge in [-0.15, -0.1) is 12.3 Å². The van der Waals surface area contributed by atoms with Gasteiger partial charge in [0.05, 0.1) is 18.2 Å². The number of terminal acetylenes is 1. The van der Waals surface area contributed by atoms with Crippen LogP contribution >= 0.6 is 11.6 Å². The Morgan fingerprint density at radius 1 is 1.69 bits per heavy atom. The molecule has 0 heterocycles. The number of nitrogens with two attached hydrogens (primary N) is 1. The van der Waals surface area contributed by atoms with E-state index in [0.29, 0.717) is 16.3 Å². The number of hydrogen-bond donors (Lipinski definition) is 1. The third-order valence-corrected chi connectivity index (χ3v) is 2.42. The van der Waals surface area contributed by atoms with Gasteiger partial charge in [0.2, 0.25) is 0 Å². The summed E-state index contributed by atoms with van der Waals surface area (Å²) in [6.45, 7) is 0. The maximum Gasteiger partial charge on any atom is 0.180 e. The number of halogens is 1. The Hall–Kier alpha value is -1.50. The van der Waals surface area contributed by atoms with Crippen LogP contribution in [0.3, 0.4) is 0 Å². The lowest BCUT2D eigenvalue weighted by atomic mass is 10.0. The van der Waals surface area contributed by atoms with Crippen molar-refractivity contribution in [3.05, 3.63) is 28.8 Å². The number of carbonyl (C=O) groups is 1. The first-order chi connectivity index (χ1) is 7.60. The number of ether oxygens (including phenoxy) is 1. The molecule has 1 rings (SSSR count). The average molecular weight is 238 g/mol. The Morgan fingerprint density at radius 3 is 2.94 bits per heavy atom. The topological polar surface area (TPSA) is 52.3 Å². The summed E-state index contributed by atoms with van der Waals surface area (Å²) in [5.74, 6) is 2.58. The van der Waals surface area contributed by atoms with E-state index in [-0.39, 0.29) is 12.2 Å². The molecule has 0 saturated carbocycles. The second kappa shape index (κ2) is 5.55. The van der Waals surface area contributed by atoms with Crippen molar-refractivity contribution in [1.82, 2.24) is 0 Å². The number of ketones is 1. The fraction of sp³-hybridized carbons (Fsp3) is 0.250. The SMILES string of the molecule is C#CCC(N)C(=O)c1ccc(Cl)c(OC)c1. The van der Waals surface area contributed by atoms with Gasteiger partial charge in [-0.05, 0) is 18.2 Å². The second-order valence-corrected chi connectivity index (χ2v) is 3.64. The van der Waals surface area contributed by atoms with Crippen LogP contribution in [-0.2, 0) is 0 Å². The van der Waals surface area contributed by atoms with Gasteiger partial charge in [0, 0.05) is 12.0 Å². The molecule has 1 atom stereocenters. The molecule has 3 nitrogen and oxygen atoms in total. The van der Waals surface area contributed by atoms with Crippen LogP contribution in [0.1, 0.15) is 16.8 Å². The summed E-state index contributed by atoms with van der Waals surface area (Å²) in [6.07, 6.45) is 5.31. The van der Waals surface area contributed by atoms with Crippen LogP contribution in [0, 0.1) is 12.3 Å². The second-order valence-electron chi connectivity index (χ2n) is 3.23. The maximum atomic E-state index is 11.8. The standard InChI is InChI=1S/C12H12ClNO2/c1-3-4-10(14)12(15)8-5-6-9(13)11(7-8)16-2/h1,5-7,10H,4,14H2,2H3. The molecule has 0 aliphatic heterocycles. The molecule has 0 bridgehead atoms. The third kappa shape index (κ3) is 2.75. The largest absolute Gasteiger partial charge is 0.495 e. The average Bonchev–Trinajstić information content (AvgIpc) is 2.29. The number of hydrogen-bond acceptors (Lipinski definition) is 3. The number of rotatable bonds is 4. The van der Waals surface area contributed by atoms with Crippen molar-refractivity contribution < 1.29 is 9.53 Å². The van der Waals surface area contributed by atoms with E-state index in [2.05, 4.69) is 5.92 Å². The Kier molecular flexibility index (Phi) is 4.36. The molecular formula is C12H12ClNO2. The summed E-state index contributed by atoms with van der Waals surface area (Å²) >= 11 is 5.84. The molecule has 1 unspecified atom stereocenters. The Bertz CT molecular complexity index is 437. The zero-order chi connectivity index (χ0) is 12.1. The summed E-state index contributed by atoms with van der Waals surface area (Å²) in [5, 5.41) is 0.449. The first-order valence-electron chi connectivity index (χ1n) is 4.67. The lowest BCUT2D eigenvalue weighted by Gasteiger charge is -2.09. The van der Waals surface area contributed by atoms with Gasteiger partial charge in [0.15, 0.2) is 5.78 Å². The van der Waals surface area contributed by atoms with Crippen molar-refractivity contribution in [3.63, 3.8) is 0 Å². The summed E-state index contributed by atoms with van der Waals surface area (Å²) in [6, 6.07) is 4.07. The van der Waals surface area contributed by atoms with Gasteiger partial charge < -0.3 is 10.5 Å². The Labute approximate surface area is 99.5 Å². The Morgan fingerprint density at radius 2 is 2.38 bits per heavy atom. The molecule has 1 aromatic rings. The molecule has 1 aromatic carbocycles. The van der Waals surface area contributed by atoms with Crippen LogP contribution in [-0.4, -0.2) is 18.9 Å². The van der Waals surface area contributed by atoms with Crippen LogP contribution in [0.25, 0.3) is 0 Å². The van der Waals surface area contributed by atoms with Crippen molar-refractivity contribution in [3.8, 4) is 18.1 Å². The van der Waals surface area contributed by atoms with E-state index in [1.165, 1.54) is 7.11 Å². The quantitative estimate of drug-likeness (QED) is 0.643.